The minimum absolute atomic E-state index is 0.0395. The van der Waals surface area contributed by atoms with E-state index in [2.05, 4.69) is 15.4 Å². The van der Waals surface area contributed by atoms with Gasteiger partial charge in [-0.2, -0.15) is 28.6 Å². The molecule has 2 aliphatic heterocycles. The van der Waals surface area contributed by atoms with E-state index < -0.39 is 39.2 Å². The molecular weight excluding hydrogens is 515 g/mol. The second kappa shape index (κ2) is 9.01. The minimum atomic E-state index is -4.75. The molecule has 0 spiro atoms. The number of benzene rings is 2. The van der Waals surface area contributed by atoms with Crippen LogP contribution in [0.5, 0.6) is 0 Å². The highest BCUT2D eigenvalue weighted by molar-refractivity contribution is 7.90. The Balaban J connectivity index is 1.19. The van der Waals surface area contributed by atoms with Crippen molar-refractivity contribution in [3.63, 3.8) is 0 Å². The van der Waals surface area contributed by atoms with Gasteiger partial charge >= 0.3 is 12.3 Å². The summed E-state index contributed by atoms with van der Waals surface area (Å²) < 4.78 is 68.5. The van der Waals surface area contributed by atoms with Crippen LogP contribution in [-0.4, -0.2) is 78.1 Å². The average Bonchev–Trinajstić information content (AvgIpc) is 3.55. The number of aromatic nitrogens is 3. The van der Waals surface area contributed by atoms with Gasteiger partial charge in [-0.1, -0.05) is 0 Å². The van der Waals surface area contributed by atoms with Gasteiger partial charge in [0.05, 0.1) is 10.5 Å². The van der Waals surface area contributed by atoms with Gasteiger partial charge in [-0.15, -0.1) is 0 Å². The Labute approximate surface area is 209 Å². The molecule has 10 nitrogen and oxygen atoms in total. The Hall–Kier alpha value is -3.68. The standard InChI is InChI=1S/C23H22F3N5O5S/c1-37(34,35)18-5-13(4-17(7-18)23(24,25)26)12-36-22(33)31-10-15-8-30(9-16(15)11-31)21(32)14-2-3-19-20(6-14)28-29-27-19/h2-7,15-16H,8-12H2,1H3,(H,27,28,29). The van der Waals surface area contributed by atoms with E-state index in [-0.39, 0.29) is 23.3 Å². The molecule has 2 aliphatic rings. The first-order valence-corrected chi connectivity index (χ1v) is 13.2. The number of hydrogen-bond donors (Lipinski definition) is 1. The monoisotopic (exact) mass is 537 g/mol. The minimum Gasteiger partial charge on any atom is -0.445 e. The summed E-state index contributed by atoms with van der Waals surface area (Å²) in [4.78, 5) is 28.3. The fraction of sp³-hybridized carbons (Fsp3) is 0.391. The first-order chi connectivity index (χ1) is 17.4. The summed E-state index contributed by atoms with van der Waals surface area (Å²) in [5, 5.41) is 10.5. The Kier molecular flexibility index (Phi) is 6.09. The molecule has 0 saturated carbocycles. The van der Waals surface area contributed by atoms with Gasteiger partial charge in [0.1, 0.15) is 17.6 Å². The fourth-order valence-corrected chi connectivity index (χ4v) is 5.53. The van der Waals surface area contributed by atoms with Crippen molar-refractivity contribution in [3.8, 4) is 0 Å². The molecule has 1 aromatic heterocycles. The van der Waals surface area contributed by atoms with Crippen molar-refractivity contribution in [1.29, 1.82) is 0 Å². The molecule has 196 valence electrons. The molecule has 2 unspecified atom stereocenters. The van der Waals surface area contributed by atoms with E-state index >= 15 is 0 Å². The molecule has 2 atom stereocenters. The molecular formula is C23H22F3N5O5S. The molecule has 14 heteroatoms. The number of amides is 2. The number of nitrogens with zero attached hydrogens (tertiary/aromatic N) is 4. The molecule has 37 heavy (non-hydrogen) atoms. The summed E-state index contributed by atoms with van der Waals surface area (Å²) in [6.45, 7) is 1.08. The number of aromatic amines is 1. The third-order valence-corrected chi connectivity index (χ3v) is 7.77. The fourth-order valence-electron chi connectivity index (χ4n) is 4.82. The molecule has 2 amide bonds. The smallest absolute Gasteiger partial charge is 0.416 e. The maximum atomic E-state index is 13.2. The number of alkyl halides is 3. The van der Waals surface area contributed by atoms with Crippen LogP contribution in [-0.2, 0) is 27.4 Å². The molecule has 5 rings (SSSR count). The number of sulfone groups is 1. The van der Waals surface area contributed by atoms with Crippen LogP contribution in [0.15, 0.2) is 41.3 Å². The first-order valence-electron chi connectivity index (χ1n) is 11.3. The lowest BCUT2D eigenvalue weighted by molar-refractivity contribution is -0.137. The summed E-state index contributed by atoms with van der Waals surface area (Å²) in [6.07, 6.45) is -4.65. The maximum Gasteiger partial charge on any atom is 0.416 e. The molecule has 2 saturated heterocycles. The van der Waals surface area contributed by atoms with Crippen molar-refractivity contribution in [2.45, 2.75) is 17.7 Å². The number of H-pyrrole nitrogens is 1. The number of nitrogens with one attached hydrogen (secondary N) is 1. The third kappa shape index (κ3) is 5.10. The summed E-state index contributed by atoms with van der Waals surface area (Å²) >= 11 is 0. The third-order valence-electron chi connectivity index (χ3n) is 6.68. The highest BCUT2D eigenvalue weighted by atomic mass is 32.2. The van der Waals surface area contributed by atoms with E-state index in [1.807, 2.05) is 0 Å². The van der Waals surface area contributed by atoms with Crippen LogP contribution < -0.4 is 0 Å². The predicted molar refractivity (Wildman–Crippen MR) is 123 cm³/mol. The zero-order chi connectivity index (χ0) is 26.5. The molecule has 3 heterocycles. The van der Waals surface area contributed by atoms with Crippen LogP contribution in [0, 0.1) is 11.8 Å². The van der Waals surface area contributed by atoms with Crippen LogP contribution >= 0.6 is 0 Å². The van der Waals surface area contributed by atoms with E-state index in [0.717, 1.165) is 18.4 Å². The average molecular weight is 538 g/mol. The molecule has 2 fully saturated rings. The van der Waals surface area contributed by atoms with E-state index in [1.54, 1.807) is 23.1 Å². The number of fused-ring (bicyclic) bond motifs is 2. The lowest BCUT2D eigenvalue weighted by Crippen LogP contribution is -2.35. The van der Waals surface area contributed by atoms with Crippen molar-refractivity contribution >= 4 is 32.9 Å². The molecule has 0 aliphatic carbocycles. The van der Waals surface area contributed by atoms with Gasteiger partial charge in [0.2, 0.25) is 0 Å². The van der Waals surface area contributed by atoms with Gasteiger partial charge in [0, 0.05) is 49.8 Å². The van der Waals surface area contributed by atoms with Gasteiger partial charge in [-0.25, -0.2) is 13.2 Å². The summed E-state index contributed by atoms with van der Waals surface area (Å²) in [5.41, 5.74) is 0.519. The summed E-state index contributed by atoms with van der Waals surface area (Å²) in [5.74, 6) is -0.0602. The van der Waals surface area contributed by atoms with Gasteiger partial charge in [0.25, 0.3) is 5.91 Å². The van der Waals surface area contributed by atoms with Crippen LogP contribution in [0.4, 0.5) is 18.0 Å². The van der Waals surface area contributed by atoms with E-state index in [4.69, 9.17) is 4.74 Å². The molecule has 2 aromatic carbocycles. The molecule has 3 aromatic rings. The number of rotatable bonds is 4. The van der Waals surface area contributed by atoms with Gasteiger partial charge < -0.3 is 14.5 Å². The molecule has 1 N–H and O–H groups in total. The van der Waals surface area contributed by atoms with Gasteiger partial charge in [-0.05, 0) is 42.0 Å². The van der Waals surface area contributed by atoms with Gasteiger partial charge in [-0.3, -0.25) is 4.79 Å². The van der Waals surface area contributed by atoms with E-state index in [1.165, 1.54) is 4.90 Å². The van der Waals surface area contributed by atoms with Crippen LogP contribution in [0.1, 0.15) is 21.5 Å². The quantitative estimate of drug-likeness (QED) is 0.543. The Morgan fingerprint density at radius 2 is 1.65 bits per heavy atom. The van der Waals surface area contributed by atoms with Crippen molar-refractivity contribution in [3.05, 3.63) is 53.1 Å². The SMILES string of the molecule is CS(=O)(=O)c1cc(COC(=O)N2CC3CN(C(=O)c4ccc5n[nH]nc5c4)CC3C2)cc(C(F)(F)F)c1. The van der Waals surface area contributed by atoms with Crippen molar-refractivity contribution in [1.82, 2.24) is 25.2 Å². The lowest BCUT2D eigenvalue weighted by atomic mass is 10.0. The Morgan fingerprint density at radius 1 is 1.00 bits per heavy atom. The van der Waals surface area contributed by atoms with Gasteiger partial charge in [0.15, 0.2) is 9.84 Å². The number of carbonyl (C=O) groups excluding carboxylic acids is 2. The number of halogens is 3. The predicted octanol–water partition coefficient (Wildman–Crippen LogP) is 2.72. The maximum absolute atomic E-state index is 13.2. The van der Waals surface area contributed by atoms with Crippen LogP contribution in [0.2, 0.25) is 0 Å². The van der Waals surface area contributed by atoms with Crippen molar-refractivity contribution < 1.29 is 35.9 Å². The highest BCUT2D eigenvalue weighted by Gasteiger charge is 2.43. The Bertz CT molecular complexity index is 1480. The number of ether oxygens (including phenoxy) is 1. The molecule has 0 bridgehead atoms. The van der Waals surface area contributed by atoms with E-state index in [0.29, 0.717) is 48.8 Å². The van der Waals surface area contributed by atoms with Crippen molar-refractivity contribution in [2.24, 2.45) is 11.8 Å². The second-order valence-electron chi connectivity index (χ2n) is 9.35. The number of carbonyl (C=O) groups is 2. The zero-order valence-corrected chi connectivity index (χ0v) is 20.3. The first kappa shape index (κ1) is 25.0. The Morgan fingerprint density at radius 3 is 2.30 bits per heavy atom. The number of hydrogen-bond acceptors (Lipinski definition) is 7. The zero-order valence-electron chi connectivity index (χ0n) is 19.5. The van der Waals surface area contributed by atoms with Crippen molar-refractivity contribution in [2.75, 3.05) is 32.4 Å². The topological polar surface area (TPSA) is 126 Å². The van der Waals surface area contributed by atoms with E-state index in [9.17, 15) is 31.2 Å². The lowest BCUT2D eigenvalue weighted by Gasteiger charge is -2.22. The largest absolute Gasteiger partial charge is 0.445 e. The van der Waals surface area contributed by atoms with Crippen LogP contribution in [0.3, 0.4) is 0 Å². The molecule has 0 radical (unpaired) electrons. The summed E-state index contributed by atoms with van der Waals surface area (Å²) in [6, 6.07) is 7.45. The second-order valence-corrected chi connectivity index (χ2v) is 11.4. The summed E-state index contributed by atoms with van der Waals surface area (Å²) in [7, 11) is -3.90. The van der Waals surface area contributed by atoms with Crippen LogP contribution in [0.25, 0.3) is 11.0 Å². The number of likely N-dealkylation sites (tertiary alicyclic amines) is 2. The highest BCUT2D eigenvalue weighted by Crippen LogP contribution is 2.34. The normalized spacial score (nSPS) is 19.9.